The van der Waals surface area contributed by atoms with Crippen LogP contribution in [0.3, 0.4) is 0 Å². The Balaban J connectivity index is 1.38. The molecular weight excluding hydrogens is 644 g/mol. The number of halogens is 1. The summed E-state index contributed by atoms with van der Waals surface area (Å²) in [5.74, 6) is 0. The maximum atomic E-state index is 13.4. The van der Waals surface area contributed by atoms with Gasteiger partial charge in [0.15, 0.2) is 0 Å². The fourth-order valence-electron chi connectivity index (χ4n) is 5.74. The maximum absolute atomic E-state index is 13.4. The van der Waals surface area contributed by atoms with E-state index >= 15 is 0 Å². The minimum Gasteiger partial charge on any atom is -0.443 e. The summed E-state index contributed by atoms with van der Waals surface area (Å²) in [6, 6.07) is 38.1. The van der Waals surface area contributed by atoms with E-state index in [1.54, 1.807) is 32.9 Å². The summed E-state index contributed by atoms with van der Waals surface area (Å²) >= 11 is 5.97. The highest BCUT2D eigenvalue weighted by Gasteiger charge is 2.38. The van der Waals surface area contributed by atoms with Gasteiger partial charge in [-0.3, -0.25) is 0 Å². The highest BCUT2D eigenvalue weighted by Crippen LogP contribution is 2.40. The molecule has 0 atom stereocenters. The first-order chi connectivity index (χ1) is 23.0. The predicted molar refractivity (Wildman–Crippen MR) is 190 cm³/mol. The molecule has 0 saturated heterocycles. The van der Waals surface area contributed by atoms with Crippen LogP contribution < -0.4 is 4.72 Å². The molecule has 5 aromatic rings. The summed E-state index contributed by atoms with van der Waals surface area (Å²) < 4.78 is 37.8. The van der Waals surface area contributed by atoms with Crippen LogP contribution in [0.5, 0.6) is 0 Å². The minimum atomic E-state index is -4.20. The summed E-state index contributed by atoms with van der Waals surface area (Å²) in [5, 5.41) is 0.603. The molecule has 4 aromatic carbocycles. The third-order valence-electron chi connectivity index (χ3n) is 7.89. The largest absolute Gasteiger partial charge is 0.443 e. The lowest BCUT2D eigenvalue weighted by Gasteiger charge is -2.37. The summed E-state index contributed by atoms with van der Waals surface area (Å²) in [5.41, 5.74) is 3.30. The van der Waals surface area contributed by atoms with Gasteiger partial charge in [-0.05, 0) is 74.4 Å². The zero-order chi connectivity index (χ0) is 34.2. The Hall–Kier alpha value is -4.44. The molecule has 0 aliphatic rings. The van der Waals surface area contributed by atoms with Gasteiger partial charge in [0.05, 0.1) is 12.0 Å². The van der Waals surface area contributed by atoms with Crippen LogP contribution in [0.1, 0.15) is 55.1 Å². The van der Waals surface area contributed by atoms with Gasteiger partial charge in [0.2, 0.25) is 0 Å². The molecule has 0 fully saturated rings. The Morgan fingerprint density at radius 3 is 1.83 bits per heavy atom. The number of rotatable bonds is 13. The van der Waals surface area contributed by atoms with E-state index in [1.165, 1.54) is 0 Å². The van der Waals surface area contributed by atoms with Crippen molar-refractivity contribution in [3.63, 3.8) is 0 Å². The van der Waals surface area contributed by atoms with Crippen molar-refractivity contribution < 1.29 is 17.9 Å². The second kappa shape index (κ2) is 15.2. The molecule has 250 valence electrons. The SMILES string of the molecule is CC(C)(C)OC(=O)N(CCCc1cn(C(c2ccccc2)(c2ccccc2)c2ccccc2)cn1)S(=O)(=O)NCCc1ccc(Cl)cc1. The first kappa shape index (κ1) is 34.9. The average molecular weight is 685 g/mol. The zero-order valence-electron chi connectivity index (χ0n) is 27.4. The van der Waals surface area contributed by atoms with Crippen molar-refractivity contribution in [2.75, 3.05) is 13.1 Å². The molecule has 1 aromatic heterocycles. The summed E-state index contributed by atoms with van der Waals surface area (Å²) in [6.07, 6.45) is 4.10. The number of nitrogens with zero attached hydrogens (tertiary/aromatic N) is 3. The van der Waals surface area contributed by atoms with Crippen molar-refractivity contribution in [2.24, 2.45) is 0 Å². The number of carbonyl (C=O) groups excluding carboxylic acids is 1. The van der Waals surface area contributed by atoms with Gasteiger partial charge in [-0.1, -0.05) is 115 Å². The van der Waals surface area contributed by atoms with E-state index in [0.29, 0.717) is 24.3 Å². The highest BCUT2D eigenvalue weighted by atomic mass is 35.5. The molecule has 48 heavy (non-hydrogen) atoms. The van der Waals surface area contributed by atoms with Gasteiger partial charge in [-0.25, -0.2) is 9.78 Å². The van der Waals surface area contributed by atoms with Gasteiger partial charge >= 0.3 is 16.3 Å². The fraction of sp³-hybridized carbons (Fsp3) is 0.263. The first-order valence-electron chi connectivity index (χ1n) is 15.9. The van der Waals surface area contributed by atoms with Crippen LogP contribution in [0.25, 0.3) is 0 Å². The molecule has 8 nitrogen and oxygen atoms in total. The standard InChI is InChI=1S/C38H41ClN4O4S/c1-37(2,3)47-36(44)43(48(45,46)41-26-25-30-21-23-34(39)24-22-30)27-13-20-35-28-42(29-40-35)38(31-14-7-4-8-15-31,32-16-9-5-10-17-32)33-18-11-6-12-19-33/h4-12,14-19,21-24,28-29,41H,13,20,25-27H2,1-3H3. The third-order valence-corrected chi connectivity index (χ3v) is 9.62. The Morgan fingerprint density at radius 1 is 0.812 bits per heavy atom. The molecule has 0 unspecified atom stereocenters. The maximum Gasteiger partial charge on any atom is 0.425 e. The van der Waals surface area contributed by atoms with Crippen molar-refractivity contribution >= 4 is 27.9 Å². The van der Waals surface area contributed by atoms with E-state index in [4.69, 9.17) is 21.3 Å². The topological polar surface area (TPSA) is 93.5 Å². The van der Waals surface area contributed by atoms with Crippen LogP contribution >= 0.6 is 11.6 Å². The Kier molecular flexibility index (Phi) is 11.0. The minimum absolute atomic E-state index is 0.0841. The van der Waals surface area contributed by atoms with Gasteiger partial charge in [-0.2, -0.15) is 17.4 Å². The molecule has 0 saturated carbocycles. The van der Waals surface area contributed by atoms with E-state index in [0.717, 1.165) is 32.3 Å². The van der Waals surface area contributed by atoms with E-state index < -0.39 is 27.4 Å². The number of hydrogen-bond donors (Lipinski definition) is 1. The first-order valence-corrected chi connectivity index (χ1v) is 17.8. The normalized spacial score (nSPS) is 12.1. The van der Waals surface area contributed by atoms with Crippen molar-refractivity contribution in [1.82, 2.24) is 18.6 Å². The second-order valence-corrected chi connectivity index (χ2v) is 14.6. The molecule has 0 aliphatic carbocycles. The molecule has 1 heterocycles. The van der Waals surface area contributed by atoms with E-state index in [2.05, 4.69) is 45.7 Å². The molecule has 0 bridgehead atoms. The third kappa shape index (κ3) is 8.34. The average Bonchev–Trinajstić information content (AvgIpc) is 3.54. The van der Waals surface area contributed by atoms with Crippen molar-refractivity contribution in [2.45, 2.75) is 51.2 Å². The number of benzene rings is 4. The smallest absolute Gasteiger partial charge is 0.425 e. The van der Waals surface area contributed by atoms with Gasteiger partial charge in [-0.15, -0.1) is 0 Å². The van der Waals surface area contributed by atoms with Crippen molar-refractivity contribution in [3.05, 3.63) is 161 Å². The Bertz CT molecular complexity index is 1780. The molecule has 5 rings (SSSR count). The number of hydrogen-bond acceptors (Lipinski definition) is 5. The highest BCUT2D eigenvalue weighted by molar-refractivity contribution is 7.87. The number of ether oxygens (including phenoxy) is 1. The quantitative estimate of drug-likeness (QED) is 0.129. The Morgan fingerprint density at radius 2 is 1.33 bits per heavy atom. The van der Waals surface area contributed by atoms with Gasteiger partial charge in [0, 0.05) is 24.3 Å². The summed E-state index contributed by atoms with van der Waals surface area (Å²) in [6.45, 7) is 5.13. The lowest BCUT2D eigenvalue weighted by atomic mass is 9.77. The van der Waals surface area contributed by atoms with E-state index in [1.807, 2.05) is 79.3 Å². The number of carbonyl (C=O) groups is 1. The molecule has 1 amide bonds. The zero-order valence-corrected chi connectivity index (χ0v) is 29.0. The predicted octanol–water partition coefficient (Wildman–Crippen LogP) is 7.62. The van der Waals surface area contributed by atoms with Crippen LogP contribution in [-0.4, -0.2) is 47.1 Å². The lowest BCUT2D eigenvalue weighted by molar-refractivity contribution is 0.0388. The molecular formula is C38H41ClN4O4S. The van der Waals surface area contributed by atoms with Crippen LogP contribution in [0, 0.1) is 0 Å². The number of nitrogens with one attached hydrogen (secondary N) is 1. The second-order valence-electron chi connectivity index (χ2n) is 12.5. The molecule has 1 N–H and O–H groups in total. The van der Waals surface area contributed by atoms with Crippen molar-refractivity contribution in [1.29, 1.82) is 0 Å². The van der Waals surface area contributed by atoms with Crippen LogP contribution in [-0.2, 0) is 33.3 Å². The monoisotopic (exact) mass is 684 g/mol. The van der Waals surface area contributed by atoms with Crippen LogP contribution in [0.15, 0.2) is 128 Å². The molecule has 0 radical (unpaired) electrons. The van der Waals surface area contributed by atoms with E-state index in [9.17, 15) is 13.2 Å². The molecule has 0 spiro atoms. The number of aryl methyl sites for hydroxylation is 1. The molecule has 0 aliphatic heterocycles. The Labute approximate surface area is 288 Å². The van der Waals surface area contributed by atoms with E-state index in [-0.39, 0.29) is 13.1 Å². The summed E-state index contributed by atoms with van der Waals surface area (Å²) in [4.78, 5) is 17.9. The van der Waals surface area contributed by atoms with Gasteiger partial charge in [0.25, 0.3) is 0 Å². The lowest BCUT2D eigenvalue weighted by Crippen LogP contribution is -2.47. The van der Waals surface area contributed by atoms with Crippen LogP contribution in [0.4, 0.5) is 4.79 Å². The van der Waals surface area contributed by atoms with Crippen molar-refractivity contribution in [3.8, 4) is 0 Å². The number of aromatic nitrogens is 2. The van der Waals surface area contributed by atoms with Gasteiger partial charge in [0.1, 0.15) is 11.1 Å². The summed E-state index contributed by atoms with van der Waals surface area (Å²) in [7, 11) is -4.20. The number of amides is 1. The molecule has 10 heteroatoms. The van der Waals surface area contributed by atoms with Gasteiger partial charge < -0.3 is 9.30 Å². The fourth-order valence-corrected chi connectivity index (χ4v) is 6.99. The number of imidazole rings is 1. The van der Waals surface area contributed by atoms with Crippen LogP contribution in [0.2, 0.25) is 5.02 Å².